The lowest BCUT2D eigenvalue weighted by molar-refractivity contribution is -0.128. The van der Waals surface area contributed by atoms with E-state index >= 15 is 0 Å². The molecule has 1 unspecified atom stereocenters. The third kappa shape index (κ3) is 2.42. The molecule has 2 rings (SSSR count). The molecule has 0 saturated carbocycles. The zero-order chi connectivity index (χ0) is 11.5. The van der Waals surface area contributed by atoms with Crippen molar-refractivity contribution in [2.45, 2.75) is 6.17 Å². The van der Waals surface area contributed by atoms with Crippen molar-refractivity contribution in [2.24, 2.45) is 0 Å². The second-order valence-corrected chi connectivity index (χ2v) is 5.01. The molecule has 1 aliphatic heterocycles. The fourth-order valence-electron chi connectivity index (χ4n) is 1.83. The van der Waals surface area contributed by atoms with Crippen molar-refractivity contribution in [1.29, 1.82) is 0 Å². The number of likely N-dealkylation sites (N-methyl/N-ethyl adjacent to an activating group) is 1. The highest BCUT2D eigenvalue weighted by atomic mass is 32.1. The van der Waals surface area contributed by atoms with E-state index in [0.717, 1.165) is 13.1 Å². The van der Waals surface area contributed by atoms with E-state index in [-0.39, 0.29) is 12.1 Å². The Labute approximate surface area is 99.9 Å². The van der Waals surface area contributed by atoms with Gasteiger partial charge in [-0.25, -0.2) is 0 Å². The van der Waals surface area contributed by atoms with Gasteiger partial charge in [0.15, 0.2) is 0 Å². The summed E-state index contributed by atoms with van der Waals surface area (Å²) in [6.07, 6.45) is 0.0682. The van der Waals surface area contributed by atoms with Gasteiger partial charge in [-0.3, -0.25) is 10.1 Å². The molecule has 1 atom stereocenters. The van der Waals surface area contributed by atoms with Gasteiger partial charge in [-0.1, -0.05) is 0 Å². The first kappa shape index (κ1) is 11.6. The maximum absolute atomic E-state index is 11.7. The van der Waals surface area contributed by atoms with E-state index < -0.39 is 0 Å². The highest BCUT2D eigenvalue weighted by Gasteiger charge is 2.31. The Morgan fingerprint density at radius 1 is 1.62 bits per heavy atom. The predicted molar refractivity (Wildman–Crippen MR) is 65.3 cm³/mol. The molecule has 0 bridgehead atoms. The summed E-state index contributed by atoms with van der Waals surface area (Å²) < 4.78 is 0. The summed E-state index contributed by atoms with van der Waals surface area (Å²) in [7, 11) is 4.04. The Bertz CT molecular complexity index is 350. The zero-order valence-corrected chi connectivity index (χ0v) is 10.5. The van der Waals surface area contributed by atoms with E-state index in [4.69, 9.17) is 0 Å². The Balaban J connectivity index is 2.04. The van der Waals surface area contributed by atoms with Crippen molar-refractivity contribution in [1.82, 2.24) is 15.1 Å². The molecule has 1 aromatic heterocycles. The van der Waals surface area contributed by atoms with Crippen LogP contribution in [-0.2, 0) is 4.79 Å². The van der Waals surface area contributed by atoms with Crippen LogP contribution in [0.15, 0.2) is 16.8 Å². The van der Waals surface area contributed by atoms with Crippen molar-refractivity contribution in [3.8, 4) is 0 Å². The normalized spacial score (nSPS) is 21.1. The molecule has 1 saturated heterocycles. The van der Waals surface area contributed by atoms with Crippen LogP contribution < -0.4 is 5.32 Å². The summed E-state index contributed by atoms with van der Waals surface area (Å²) in [5.41, 5.74) is 1.19. The smallest absolute Gasteiger partial charge is 0.238 e. The van der Waals surface area contributed by atoms with Gasteiger partial charge in [-0.15, -0.1) is 0 Å². The van der Waals surface area contributed by atoms with Gasteiger partial charge < -0.3 is 9.80 Å². The van der Waals surface area contributed by atoms with Crippen LogP contribution in [0.5, 0.6) is 0 Å². The van der Waals surface area contributed by atoms with Crippen molar-refractivity contribution < 1.29 is 4.79 Å². The van der Waals surface area contributed by atoms with E-state index in [1.54, 1.807) is 11.3 Å². The Morgan fingerprint density at radius 3 is 3.06 bits per heavy atom. The van der Waals surface area contributed by atoms with Crippen molar-refractivity contribution in [3.63, 3.8) is 0 Å². The summed E-state index contributed by atoms with van der Waals surface area (Å²) in [4.78, 5) is 15.8. The zero-order valence-electron chi connectivity index (χ0n) is 9.64. The molecule has 1 aliphatic rings. The lowest BCUT2D eigenvalue weighted by atomic mass is 10.2. The van der Waals surface area contributed by atoms with Crippen LogP contribution in [0.2, 0.25) is 0 Å². The molecule has 1 fully saturated rings. The van der Waals surface area contributed by atoms with Gasteiger partial charge in [0, 0.05) is 13.1 Å². The topological polar surface area (TPSA) is 35.6 Å². The van der Waals surface area contributed by atoms with E-state index in [1.165, 1.54) is 5.56 Å². The SMILES string of the molecule is CN(C)CCN1C(=O)CNC1c1ccsc1. The van der Waals surface area contributed by atoms with Crippen LogP contribution >= 0.6 is 11.3 Å². The van der Waals surface area contributed by atoms with Crippen LogP contribution in [0.4, 0.5) is 0 Å². The van der Waals surface area contributed by atoms with Gasteiger partial charge in [-0.05, 0) is 36.5 Å². The van der Waals surface area contributed by atoms with E-state index in [1.807, 2.05) is 24.4 Å². The minimum Gasteiger partial charge on any atom is -0.321 e. The summed E-state index contributed by atoms with van der Waals surface area (Å²) in [6, 6.07) is 2.07. The monoisotopic (exact) mass is 239 g/mol. The number of nitrogens with zero attached hydrogens (tertiary/aromatic N) is 2. The molecule has 1 aromatic rings. The second-order valence-electron chi connectivity index (χ2n) is 4.23. The maximum atomic E-state index is 11.7. The lowest BCUT2D eigenvalue weighted by Crippen LogP contribution is -2.35. The minimum absolute atomic E-state index is 0.0682. The standard InChI is InChI=1S/C11H17N3OS/c1-13(2)4-5-14-10(15)7-12-11(14)9-3-6-16-8-9/h3,6,8,11-12H,4-5,7H2,1-2H3. The summed E-state index contributed by atoms with van der Waals surface area (Å²) in [6.45, 7) is 2.13. The minimum atomic E-state index is 0.0682. The average molecular weight is 239 g/mol. The van der Waals surface area contributed by atoms with Crippen molar-refractivity contribution >= 4 is 17.2 Å². The van der Waals surface area contributed by atoms with Gasteiger partial charge in [0.1, 0.15) is 6.17 Å². The first-order chi connectivity index (χ1) is 7.68. The predicted octanol–water partition coefficient (Wildman–Crippen LogP) is 0.740. The van der Waals surface area contributed by atoms with Gasteiger partial charge >= 0.3 is 0 Å². The highest BCUT2D eigenvalue weighted by Crippen LogP contribution is 2.23. The summed E-state index contributed by atoms with van der Waals surface area (Å²) in [5.74, 6) is 0.193. The van der Waals surface area contributed by atoms with Crippen molar-refractivity contribution in [2.75, 3.05) is 33.7 Å². The molecule has 0 aliphatic carbocycles. The third-order valence-corrected chi connectivity index (χ3v) is 3.43. The molecule has 0 aromatic carbocycles. The van der Waals surface area contributed by atoms with Gasteiger partial charge in [0.05, 0.1) is 6.54 Å². The van der Waals surface area contributed by atoms with Gasteiger partial charge in [0.25, 0.3) is 0 Å². The van der Waals surface area contributed by atoms with Crippen LogP contribution in [0.3, 0.4) is 0 Å². The number of thiophene rings is 1. The van der Waals surface area contributed by atoms with Crippen LogP contribution in [0.25, 0.3) is 0 Å². The lowest BCUT2D eigenvalue weighted by Gasteiger charge is -2.25. The Hall–Kier alpha value is -0.910. The molecule has 16 heavy (non-hydrogen) atoms. The highest BCUT2D eigenvalue weighted by molar-refractivity contribution is 7.07. The maximum Gasteiger partial charge on any atom is 0.238 e. The number of rotatable bonds is 4. The first-order valence-corrected chi connectivity index (χ1v) is 6.32. The van der Waals surface area contributed by atoms with E-state index in [9.17, 15) is 4.79 Å². The number of carbonyl (C=O) groups excluding carboxylic acids is 1. The molecular formula is C11H17N3OS. The van der Waals surface area contributed by atoms with E-state index in [0.29, 0.717) is 6.54 Å². The molecular weight excluding hydrogens is 222 g/mol. The van der Waals surface area contributed by atoms with Gasteiger partial charge in [0.2, 0.25) is 5.91 Å². The largest absolute Gasteiger partial charge is 0.321 e. The average Bonchev–Trinajstić information content (AvgIpc) is 2.83. The molecule has 0 spiro atoms. The molecule has 1 N–H and O–H groups in total. The molecule has 88 valence electrons. The molecule has 0 radical (unpaired) electrons. The molecule has 1 amide bonds. The van der Waals surface area contributed by atoms with Crippen molar-refractivity contribution in [3.05, 3.63) is 22.4 Å². The van der Waals surface area contributed by atoms with Crippen LogP contribution in [0, 0.1) is 0 Å². The van der Waals surface area contributed by atoms with Gasteiger partial charge in [-0.2, -0.15) is 11.3 Å². The Morgan fingerprint density at radius 2 is 2.44 bits per heavy atom. The Kier molecular flexibility index (Phi) is 3.58. The number of hydrogen-bond donors (Lipinski definition) is 1. The second kappa shape index (κ2) is 4.95. The van der Waals surface area contributed by atoms with E-state index in [2.05, 4.69) is 21.7 Å². The number of amides is 1. The fraction of sp³-hybridized carbons (Fsp3) is 0.545. The molecule has 4 nitrogen and oxygen atoms in total. The molecule has 2 heterocycles. The third-order valence-electron chi connectivity index (χ3n) is 2.73. The molecule has 5 heteroatoms. The summed E-state index contributed by atoms with van der Waals surface area (Å²) in [5, 5.41) is 7.39. The number of carbonyl (C=O) groups is 1. The summed E-state index contributed by atoms with van der Waals surface area (Å²) >= 11 is 1.67. The number of hydrogen-bond acceptors (Lipinski definition) is 4. The van der Waals surface area contributed by atoms with Crippen LogP contribution in [0.1, 0.15) is 11.7 Å². The number of nitrogens with one attached hydrogen (secondary N) is 1. The first-order valence-electron chi connectivity index (χ1n) is 5.38. The van der Waals surface area contributed by atoms with Crippen LogP contribution in [-0.4, -0.2) is 49.4 Å². The quantitative estimate of drug-likeness (QED) is 0.842. The fourth-order valence-corrected chi connectivity index (χ4v) is 2.51.